The molecule has 0 bridgehead atoms. The molecule has 0 aliphatic heterocycles. The van der Waals surface area contributed by atoms with Crippen LogP contribution >= 0.6 is 11.6 Å². The van der Waals surface area contributed by atoms with E-state index in [9.17, 15) is 0 Å². The standard InChI is InChI=1S/C18H18ClN3O2/c1-22(11-13-3-7-15(19)8-4-13)12-17-20-21-18(24-17)14-5-9-16(23-2)10-6-14/h3-10H,11-12H2,1-2H3. The van der Waals surface area contributed by atoms with E-state index in [0.717, 1.165) is 22.9 Å². The van der Waals surface area contributed by atoms with Gasteiger partial charge in [0.2, 0.25) is 11.8 Å². The minimum atomic E-state index is 0.507. The number of hydrogen-bond acceptors (Lipinski definition) is 5. The summed E-state index contributed by atoms with van der Waals surface area (Å²) in [5, 5.41) is 8.97. The summed E-state index contributed by atoms with van der Waals surface area (Å²) < 4.78 is 10.9. The minimum absolute atomic E-state index is 0.507. The number of halogens is 1. The number of methoxy groups -OCH3 is 1. The van der Waals surface area contributed by atoms with Gasteiger partial charge in [0.15, 0.2) is 0 Å². The first-order chi connectivity index (χ1) is 11.6. The van der Waals surface area contributed by atoms with Gasteiger partial charge in [-0.1, -0.05) is 23.7 Å². The molecule has 124 valence electrons. The minimum Gasteiger partial charge on any atom is -0.497 e. The zero-order valence-electron chi connectivity index (χ0n) is 13.6. The van der Waals surface area contributed by atoms with Gasteiger partial charge < -0.3 is 9.15 Å². The lowest BCUT2D eigenvalue weighted by molar-refractivity contribution is 0.283. The van der Waals surface area contributed by atoms with Crippen LogP contribution in [0.4, 0.5) is 0 Å². The fourth-order valence-electron chi connectivity index (χ4n) is 2.36. The van der Waals surface area contributed by atoms with Crippen LogP contribution < -0.4 is 4.74 Å². The molecule has 6 heteroatoms. The van der Waals surface area contributed by atoms with Gasteiger partial charge in [-0.15, -0.1) is 10.2 Å². The highest BCUT2D eigenvalue weighted by atomic mass is 35.5. The highest BCUT2D eigenvalue weighted by Crippen LogP contribution is 2.21. The molecule has 1 aromatic heterocycles. The lowest BCUT2D eigenvalue weighted by atomic mass is 10.2. The summed E-state index contributed by atoms with van der Waals surface area (Å²) in [5.41, 5.74) is 2.05. The molecule has 3 rings (SSSR count). The smallest absolute Gasteiger partial charge is 0.247 e. The average Bonchev–Trinajstić information content (AvgIpc) is 3.05. The zero-order valence-corrected chi connectivity index (χ0v) is 14.3. The molecule has 0 N–H and O–H groups in total. The second-order valence-electron chi connectivity index (χ2n) is 5.53. The van der Waals surface area contributed by atoms with Gasteiger partial charge in [-0.25, -0.2) is 0 Å². The molecule has 0 amide bonds. The summed E-state index contributed by atoms with van der Waals surface area (Å²) in [6.07, 6.45) is 0. The number of nitrogens with zero attached hydrogens (tertiary/aromatic N) is 3. The van der Waals surface area contributed by atoms with E-state index in [0.29, 0.717) is 18.3 Å². The van der Waals surface area contributed by atoms with E-state index in [1.807, 2.05) is 55.6 Å². The Hall–Kier alpha value is -2.37. The first kappa shape index (κ1) is 16.5. The van der Waals surface area contributed by atoms with Crippen molar-refractivity contribution in [2.75, 3.05) is 14.2 Å². The van der Waals surface area contributed by atoms with Crippen molar-refractivity contribution in [2.24, 2.45) is 0 Å². The van der Waals surface area contributed by atoms with Crippen LogP contribution in [-0.4, -0.2) is 29.3 Å². The second kappa shape index (κ2) is 7.47. The SMILES string of the molecule is COc1ccc(-c2nnc(CN(C)Cc3ccc(Cl)cc3)o2)cc1. The third-order valence-corrected chi connectivity index (χ3v) is 3.83. The van der Waals surface area contributed by atoms with Gasteiger partial charge in [-0.05, 0) is 49.0 Å². The fourth-order valence-corrected chi connectivity index (χ4v) is 2.48. The molecule has 0 saturated carbocycles. The van der Waals surface area contributed by atoms with Gasteiger partial charge in [0, 0.05) is 17.1 Å². The summed E-state index contributed by atoms with van der Waals surface area (Å²) >= 11 is 5.90. The van der Waals surface area contributed by atoms with Crippen molar-refractivity contribution < 1.29 is 9.15 Å². The molecule has 24 heavy (non-hydrogen) atoms. The maximum atomic E-state index is 5.90. The summed E-state index contributed by atoms with van der Waals surface area (Å²) in [7, 11) is 3.64. The van der Waals surface area contributed by atoms with Gasteiger partial charge in [-0.2, -0.15) is 0 Å². The predicted molar refractivity (Wildman–Crippen MR) is 92.9 cm³/mol. The fraction of sp³-hybridized carbons (Fsp3) is 0.222. The molecule has 0 fully saturated rings. The molecule has 5 nitrogen and oxygen atoms in total. The molecule has 0 atom stereocenters. The molecular weight excluding hydrogens is 326 g/mol. The van der Waals surface area contributed by atoms with Crippen molar-refractivity contribution in [1.82, 2.24) is 15.1 Å². The van der Waals surface area contributed by atoms with Crippen LogP contribution in [0.15, 0.2) is 52.9 Å². The van der Waals surface area contributed by atoms with Crippen molar-refractivity contribution in [3.63, 3.8) is 0 Å². The van der Waals surface area contributed by atoms with Gasteiger partial charge in [0.05, 0.1) is 13.7 Å². The van der Waals surface area contributed by atoms with Crippen LogP contribution in [0.25, 0.3) is 11.5 Å². The summed E-state index contributed by atoms with van der Waals surface area (Å²) in [6, 6.07) is 15.3. The van der Waals surface area contributed by atoms with E-state index < -0.39 is 0 Å². The van der Waals surface area contributed by atoms with E-state index in [-0.39, 0.29) is 0 Å². The van der Waals surface area contributed by atoms with Gasteiger partial charge in [0.25, 0.3) is 0 Å². The van der Waals surface area contributed by atoms with Crippen LogP contribution in [0.1, 0.15) is 11.5 Å². The Bertz CT molecular complexity index is 785. The lowest BCUT2D eigenvalue weighted by Crippen LogP contribution is -2.17. The third-order valence-electron chi connectivity index (χ3n) is 3.57. The molecule has 2 aromatic carbocycles. The molecule has 1 heterocycles. The summed E-state index contributed by atoms with van der Waals surface area (Å²) in [5.74, 6) is 1.88. The first-order valence-electron chi connectivity index (χ1n) is 7.54. The number of aromatic nitrogens is 2. The maximum absolute atomic E-state index is 5.90. The highest BCUT2D eigenvalue weighted by molar-refractivity contribution is 6.30. The molecule has 0 spiro atoms. The van der Waals surface area contributed by atoms with Crippen molar-refractivity contribution >= 4 is 11.6 Å². The molecule has 3 aromatic rings. The summed E-state index contributed by atoms with van der Waals surface area (Å²) in [6.45, 7) is 1.35. The Morgan fingerprint density at radius 1 is 1.00 bits per heavy atom. The van der Waals surface area contributed by atoms with Crippen LogP contribution in [0.5, 0.6) is 5.75 Å². The number of benzene rings is 2. The Morgan fingerprint density at radius 3 is 2.38 bits per heavy atom. The molecular formula is C18H18ClN3O2. The Kier molecular flexibility index (Phi) is 5.13. The molecule has 0 radical (unpaired) electrons. The monoisotopic (exact) mass is 343 g/mol. The topological polar surface area (TPSA) is 51.4 Å². The van der Waals surface area contributed by atoms with Crippen molar-refractivity contribution in [2.45, 2.75) is 13.1 Å². The van der Waals surface area contributed by atoms with E-state index in [4.69, 9.17) is 20.8 Å². The molecule has 0 aliphatic carbocycles. The van der Waals surface area contributed by atoms with E-state index in [2.05, 4.69) is 15.1 Å². The molecule has 0 saturated heterocycles. The maximum Gasteiger partial charge on any atom is 0.247 e. The third kappa shape index (κ3) is 4.13. The largest absolute Gasteiger partial charge is 0.497 e. The van der Waals surface area contributed by atoms with E-state index in [1.165, 1.54) is 5.56 Å². The molecule has 0 aliphatic rings. The lowest BCUT2D eigenvalue weighted by Gasteiger charge is -2.14. The first-order valence-corrected chi connectivity index (χ1v) is 7.91. The Balaban J connectivity index is 1.63. The number of hydrogen-bond donors (Lipinski definition) is 0. The number of rotatable bonds is 6. The Morgan fingerprint density at radius 2 is 1.71 bits per heavy atom. The van der Waals surface area contributed by atoms with Crippen molar-refractivity contribution in [1.29, 1.82) is 0 Å². The normalized spacial score (nSPS) is 11.0. The zero-order chi connectivity index (χ0) is 16.9. The average molecular weight is 344 g/mol. The van der Waals surface area contributed by atoms with Crippen molar-refractivity contribution in [3.05, 3.63) is 65.0 Å². The van der Waals surface area contributed by atoms with E-state index in [1.54, 1.807) is 7.11 Å². The van der Waals surface area contributed by atoms with Gasteiger partial charge in [0.1, 0.15) is 5.75 Å². The van der Waals surface area contributed by atoms with Gasteiger partial charge >= 0.3 is 0 Å². The number of ether oxygens (including phenoxy) is 1. The highest BCUT2D eigenvalue weighted by Gasteiger charge is 2.11. The van der Waals surface area contributed by atoms with Crippen LogP contribution in [-0.2, 0) is 13.1 Å². The van der Waals surface area contributed by atoms with Gasteiger partial charge in [-0.3, -0.25) is 4.90 Å². The van der Waals surface area contributed by atoms with Crippen LogP contribution in [0.3, 0.4) is 0 Å². The Labute approximate surface area is 145 Å². The quantitative estimate of drug-likeness (QED) is 0.676. The summed E-state index contributed by atoms with van der Waals surface area (Å²) in [4.78, 5) is 2.11. The van der Waals surface area contributed by atoms with Crippen LogP contribution in [0.2, 0.25) is 5.02 Å². The molecule has 0 unspecified atom stereocenters. The van der Waals surface area contributed by atoms with E-state index >= 15 is 0 Å². The second-order valence-corrected chi connectivity index (χ2v) is 5.96. The van der Waals surface area contributed by atoms with Crippen LogP contribution in [0, 0.1) is 0 Å². The predicted octanol–water partition coefficient (Wildman–Crippen LogP) is 4.03. The van der Waals surface area contributed by atoms with Crippen molar-refractivity contribution in [3.8, 4) is 17.2 Å².